The van der Waals surface area contributed by atoms with Gasteiger partial charge in [-0.1, -0.05) is 48.0 Å². The van der Waals surface area contributed by atoms with E-state index in [4.69, 9.17) is 0 Å². The highest BCUT2D eigenvalue weighted by Crippen LogP contribution is 2.13. The van der Waals surface area contributed by atoms with Crippen LogP contribution in [0.2, 0.25) is 0 Å². The van der Waals surface area contributed by atoms with Crippen LogP contribution in [0.3, 0.4) is 0 Å². The highest BCUT2D eigenvalue weighted by atomic mass is 32.2. The third-order valence-electron chi connectivity index (χ3n) is 3.48. The van der Waals surface area contributed by atoms with Gasteiger partial charge in [-0.15, -0.1) is 0 Å². The molecule has 1 aromatic heterocycles. The maximum atomic E-state index is 12.3. The molecule has 0 saturated heterocycles. The highest BCUT2D eigenvalue weighted by molar-refractivity contribution is 7.89. The van der Waals surface area contributed by atoms with Gasteiger partial charge < -0.3 is 0 Å². The fourth-order valence-electron chi connectivity index (χ4n) is 2.14. The van der Waals surface area contributed by atoms with Crippen LogP contribution in [0.4, 0.5) is 0 Å². The lowest BCUT2D eigenvalue weighted by atomic mass is 10.2. The van der Waals surface area contributed by atoms with Crippen molar-refractivity contribution in [2.45, 2.75) is 18.4 Å². The predicted molar refractivity (Wildman–Crippen MR) is 88.8 cm³/mol. The second-order valence-corrected chi connectivity index (χ2v) is 7.03. The Morgan fingerprint density at radius 2 is 1.74 bits per heavy atom. The van der Waals surface area contributed by atoms with Gasteiger partial charge in [-0.25, -0.2) is 17.8 Å². The molecule has 6 heteroatoms. The monoisotopic (exact) mass is 327 g/mol. The first-order valence-corrected chi connectivity index (χ1v) is 8.68. The Labute approximate surface area is 135 Å². The third-order valence-corrected chi connectivity index (χ3v) is 4.83. The highest BCUT2D eigenvalue weighted by Gasteiger charge is 2.16. The number of rotatable bonds is 5. The minimum absolute atomic E-state index is 0.147. The van der Waals surface area contributed by atoms with Crippen molar-refractivity contribution >= 4 is 10.0 Å². The summed E-state index contributed by atoms with van der Waals surface area (Å²) >= 11 is 0. The Kier molecular flexibility index (Phi) is 4.27. The molecule has 0 aliphatic rings. The Morgan fingerprint density at radius 1 is 1.04 bits per heavy atom. The van der Waals surface area contributed by atoms with E-state index in [9.17, 15) is 8.42 Å². The second kappa shape index (κ2) is 6.36. The van der Waals surface area contributed by atoms with E-state index in [0.29, 0.717) is 0 Å². The van der Waals surface area contributed by atoms with E-state index in [-0.39, 0.29) is 11.4 Å². The molecule has 0 aliphatic heterocycles. The predicted octanol–water partition coefficient (Wildman–Crippen LogP) is 2.66. The van der Waals surface area contributed by atoms with Gasteiger partial charge in [0, 0.05) is 6.54 Å². The molecule has 0 unspecified atom stereocenters. The topological polar surface area (TPSA) is 64.0 Å². The van der Waals surface area contributed by atoms with Crippen molar-refractivity contribution in [2.24, 2.45) is 0 Å². The van der Waals surface area contributed by atoms with E-state index >= 15 is 0 Å². The molecule has 118 valence electrons. The van der Waals surface area contributed by atoms with Gasteiger partial charge in [0.05, 0.1) is 18.1 Å². The molecule has 0 bridgehead atoms. The van der Waals surface area contributed by atoms with Crippen molar-refractivity contribution in [3.63, 3.8) is 0 Å². The van der Waals surface area contributed by atoms with Crippen LogP contribution in [0.5, 0.6) is 0 Å². The summed E-state index contributed by atoms with van der Waals surface area (Å²) in [7, 11) is -3.59. The van der Waals surface area contributed by atoms with Crippen molar-refractivity contribution in [2.75, 3.05) is 0 Å². The summed E-state index contributed by atoms with van der Waals surface area (Å²) in [6, 6.07) is 17.1. The summed E-state index contributed by atoms with van der Waals surface area (Å²) in [4.78, 5) is 0.147. The maximum Gasteiger partial charge on any atom is 0.244 e. The Balaban J connectivity index is 1.77. The molecule has 1 heterocycles. The summed E-state index contributed by atoms with van der Waals surface area (Å²) < 4.78 is 28.8. The molecular weight excluding hydrogens is 310 g/mol. The summed E-state index contributed by atoms with van der Waals surface area (Å²) in [6.07, 6.45) is 2.87. The number of nitrogens with one attached hydrogen (secondary N) is 1. The lowest BCUT2D eigenvalue weighted by molar-refractivity contribution is 0.581. The summed E-state index contributed by atoms with van der Waals surface area (Å²) in [5.74, 6) is 0. The minimum Gasteiger partial charge on any atom is -0.240 e. The van der Waals surface area contributed by atoms with Crippen LogP contribution in [0.1, 0.15) is 11.1 Å². The number of nitrogens with zero attached hydrogens (tertiary/aromatic N) is 2. The first-order chi connectivity index (χ1) is 11.0. The van der Waals surface area contributed by atoms with Crippen LogP contribution in [-0.2, 0) is 16.6 Å². The van der Waals surface area contributed by atoms with Crippen LogP contribution in [0, 0.1) is 6.92 Å². The second-order valence-electron chi connectivity index (χ2n) is 5.27. The Morgan fingerprint density at radius 3 is 2.43 bits per heavy atom. The lowest BCUT2D eigenvalue weighted by Crippen LogP contribution is -2.22. The standard InChI is InChI=1S/C17H17N3O2S/c1-14-7-9-16(10-8-14)20-13-17(12-18-20)23(21,22)19-11-15-5-3-2-4-6-15/h2-10,12-13,19H,11H2,1H3. The number of benzene rings is 2. The molecule has 2 aromatic carbocycles. The van der Waals surface area contributed by atoms with E-state index in [0.717, 1.165) is 16.8 Å². The van der Waals surface area contributed by atoms with Crippen LogP contribution in [0.25, 0.3) is 5.69 Å². The zero-order valence-electron chi connectivity index (χ0n) is 12.7. The van der Waals surface area contributed by atoms with Crippen molar-refractivity contribution in [3.8, 4) is 5.69 Å². The first-order valence-electron chi connectivity index (χ1n) is 7.20. The Bertz CT molecular complexity index is 885. The van der Waals surface area contributed by atoms with Crippen molar-refractivity contribution in [1.82, 2.24) is 14.5 Å². The zero-order valence-corrected chi connectivity index (χ0v) is 13.5. The largest absolute Gasteiger partial charge is 0.244 e. The molecule has 3 aromatic rings. The van der Waals surface area contributed by atoms with E-state index in [1.165, 1.54) is 12.4 Å². The molecule has 5 nitrogen and oxygen atoms in total. The third kappa shape index (κ3) is 3.67. The minimum atomic E-state index is -3.59. The van der Waals surface area contributed by atoms with Crippen molar-refractivity contribution < 1.29 is 8.42 Å². The van der Waals surface area contributed by atoms with Crippen LogP contribution in [0.15, 0.2) is 71.9 Å². The molecule has 0 fully saturated rings. The van der Waals surface area contributed by atoms with Gasteiger partial charge in [-0.05, 0) is 24.6 Å². The van der Waals surface area contributed by atoms with Gasteiger partial charge in [0.15, 0.2) is 0 Å². The summed E-state index contributed by atoms with van der Waals surface area (Å²) in [6.45, 7) is 2.25. The normalized spacial score (nSPS) is 11.5. The number of aromatic nitrogens is 2. The molecule has 0 atom stereocenters. The molecule has 0 saturated carbocycles. The lowest BCUT2D eigenvalue weighted by Gasteiger charge is -2.04. The molecule has 0 radical (unpaired) electrons. The summed E-state index contributed by atoms with van der Waals surface area (Å²) in [5, 5.41) is 4.13. The van der Waals surface area contributed by atoms with E-state index in [1.54, 1.807) is 4.68 Å². The molecule has 0 aliphatic carbocycles. The maximum absolute atomic E-state index is 12.3. The summed E-state index contributed by atoms with van der Waals surface area (Å²) in [5.41, 5.74) is 2.86. The van der Waals surface area contributed by atoms with Gasteiger partial charge in [0.25, 0.3) is 0 Å². The van der Waals surface area contributed by atoms with Gasteiger partial charge >= 0.3 is 0 Å². The van der Waals surface area contributed by atoms with E-state index in [2.05, 4.69) is 9.82 Å². The zero-order chi connectivity index (χ0) is 16.3. The SMILES string of the molecule is Cc1ccc(-n2cc(S(=O)(=O)NCc3ccccc3)cn2)cc1. The average molecular weight is 327 g/mol. The number of sulfonamides is 1. The molecule has 0 amide bonds. The van der Waals surface area contributed by atoms with Gasteiger partial charge in [-0.3, -0.25) is 0 Å². The van der Waals surface area contributed by atoms with Crippen molar-refractivity contribution in [1.29, 1.82) is 0 Å². The first kappa shape index (κ1) is 15.5. The fourth-order valence-corrected chi connectivity index (χ4v) is 3.09. The molecule has 0 spiro atoms. The smallest absolute Gasteiger partial charge is 0.240 e. The number of hydrogen-bond donors (Lipinski definition) is 1. The van der Waals surface area contributed by atoms with Crippen LogP contribution < -0.4 is 4.72 Å². The van der Waals surface area contributed by atoms with Gasteiger partial charge in [0.1, 0.15) is 4.90 Å². The average Bonchev–Trinajstić information content (AvgIpc) is 3.06. The molecular formula is C17H17N3O2S. The quantitative estimate of drug-likeness (QED) is 0.783. The molecule has 3 rings (SSSR count). The van der Waals surface area contributed by atoms with E-state index in [1.807, 2.05) is 61.5 Å². The number of hydrogen-bond acceptors (Lipinski definition) is 3. The Hall–Kier alpha value is -2.44. The fraction of sp³-hybridized carbons (Fsp3) is 0.118. The molecule has 1 N–H and O–H groups in total. The number of aryl methyl sites for hydroxylation is 1. The molecule has 23 heavy (non-hydrogen) atoms. The van der Waals surface area contributed by atoms with Crippen LogP contribution in [-0.4, -0.2) is 18.2 Å². The van der Waals surface area contributed by atoms with Crippen LogP contribution >= 0.6 is 0 Å². The van der Waals surface area contributed by atoms with Crippen molar-refractivity contribution in [3.05, 3.63) is 78.1 Å². The van der Waals surface area contributed by atoms with Gasteiger partial charge in [-0.2, -0.15) is 5.10 Å². The van der Waals surface area contributed by atoms with E-state index < -0.39 is 10.0 Å². The van der Waals surface area contributed by atoms with Gasteiger partial charge in [0.2, 0.25) is 10.0 Å².